The van der Waals surface area contributed by atoms with Crippen molar-refractivity contribution in [3.63, 3.8) is 0 Å². The summed E-state index contributed by atoms with van der Waals surface area (Å²) in [5.74, 6) is 0.693. The minimum atomic E-state index is -0.250. The summed E-state index contributed by atoms with van der Waals surface area (Å²) in [5, 5.41) is 7.73. The van der Waals surface area contributed by atoms with Gasteiger partial charge in [-0.3, -0.25) is 9.67 Å². The number of aryl methyl sites for hydroxylation is 2. The summed E-state index contributed by atoms with van der Waals surface area (Å²) in [6, 6.07) is 6.54. The maximum Gasteiger partial charge on any atom is 0.133 e. The molecule has 0 spiro atoms. The average molecular weight is 258 g/mol. The zero-order valence-corrected chi connectivity index (χ0v) is 10.9. The molecule has 1 aromatic carbocycles. The quantitative estimate of drug-likeness (QED) is 0.851. The number of halogens is 1. The van der Waals surface area contributed by atoms with E-state index in [0.29, 0.717) is 6.54 Å². The van der Waals surface area contributed by atoms with Gasteiger partial charge in [0.05, 0.1) is 23.5 Å². The monoisotopic (exact) mass is 258 g/mol. The first-order valence-electron chi connectivity index (χ1n) is 6.25. The first kappa shape index (κ1) is 11.9. The Balaban J connectivity index is 2.20. The van der Waals surface area contributed by atoms with Gasteiger partial charge in [-0.25, -0.2) is 4.39 Å². The third-order valence-corrected chi connectivity index (χ3v) is 3.23. The van der Waals surface area contributed by atoms with Crippen LogP contribution >= 0.6 is 0 Å². The van der Waals surface area contributed by atoms with Crippen molar-refractivity contribution < 1.29 is 4.39 Å². The number of hydrogen-bond donors (Lipinski definition) is 1. The van der Waals surface area contributed by atoms with Gasteiger partial charge in [-0.2, -0.15) is 5.10 Å². The van der Waals surface area contributed by atoms with Crippen LogP contribution in [0.2, 0.25) is 0 Å². The largest absolute Gasteiger partial charge is 0.368 e. The Morgan fingerprint density at radius 3 is 3.00 bits per heavy atom. The molecule has 2 aromatic rings. The number of aliphatic imine (C=N–C) groups is 1. The van der Waals surface area contributed by atoms with Gasteiger partial charge < -0.3 is 5.32 Å². The molecule has 0 aliphatic carbocycles. The molecule has 0 radical (unpaired) electrons. The molecule has 0 saturated carbocycles. The molecular weight excluding hydrogens is 243 g/mol. The van der Waals surface area contributed by atoms with Crippen molar-refractivity contribution in [1.29, 1.82) is 0 Å². The molecule has 1 N–H and O–H groups in total. The predicted molar refractivity (Wildman–Crippen MR) is 73.3 cm³/mol. The van der Waals surface area contributed by atoms with E-state index in [1.807, 2.05) is 24.7 Å². The Kier molecular flexibility index (Phi) is 2.81. The standard InChI is InChI=1S/C14H15FN4/c1-9-12-13(10-4-3-5-11(15)8-10)16-6-7-17-14(12)19(2)18-9/h3-5,8,17H,6-7H2,1-2H3. The minimum Gasteiger partial charge on any atom is -0.368 e. The van der Waals surface area contributed by atoms with Gasteiger partial charge in [-0.1, -0.05) is 12.1 Å². The van der Waals surface area contributed by atoms with Crippen LogP contribution in [-0.2, 0) is 7.05 Å². The number of benzene rings is 1. The van der Waals surface area contributed by atoms with Crippen LogP contribution in [0, 0.1) is 12.7 Å². The molecule has 3 rings (SSSR count). The topological polar surface area (TPSA) is 42.2 Å². The Bertz CT molecular complexity index is 657. The molecule has 4 nitrogen and oxygen atoms in total. The number of nitrogens with one attached hydrogen (secondary N) is 1. The first-order valence-corrected chi connectivity index (χ1v) is 6.25. The second kappa shape index (κ2) is 4.50. The summed E-state index contributed by atoms with van der Waals surface area (Å²) < 4.78 is 15.2. The number of aromatic nitrogens is 2. The maximum absolute atomic E-state index is 13.4. The van der Waals surface area contributed by atoms with E-state index in [0.717, 1.165) is 34.9 Å². The molecular formula is C14H15FN4. The molecule has 0 saturated heterocycles. The highest BCUT2D eigenvalue weighted by molar-refractivity contribution is 6.16. The lowest BCUT2D eigenvalue weighted by atomic mass is 10.0. The second-order valence-corrected chi connectivity index (χ2v) is 4.60. The van der Waals surface area contributed by atoms with Gasteiger partial charge in [0.25, 0.3) is 0 Å². The normalized spacial score (nSPS) is 14.4. The van der Waals surface area contributed by atoms with Gasteiger partial charge >= 0.3 is 0 Å². The van der Waals surface area contributed by atoms with Crippen molar-refractivity contribution in [3.05, 3.63) is 46.9 Å². The molecule has 0 fully saturated rings. The van der Waals surface area contributed by atoms with Crippen LogP contribution in [0.25, 0.3) is 0 Å². The Morgan fingerprint density at radius 2 is 2.21 bits per heavy atom. The summed E-state index contributed by atoms with van der Waals surface area (Å²) in [4.78, 5) is 4.58. The van der Waals surface area contributed by atoms with Gasteiger partial charge in [0.15, 0.2) is 0 Å². The summed E-state index contributed by atoms with van der Waals surface area (Å²) in [6.45, 7) is 3.37. The number of hydrogen-bond acceptors (Lipinski definition) is 3. The SMILES string of the molecule is Cc1nn(C)c2c1C(c1cccc(F)c1)=NCCN2. The zero-order valence-electron chi connectivity index (χ0n) is 10.9. The second-order valence-electron chi connectivity index (χ2n) is 4.60. The summed E-state index contributed by atoms with van der Waals surface area (Å²) >= 11 is 0. The van der Waals surface area contributed by atoms with Crippen molar-refractivity contribution in [2.24, 2.45) is 12.0 Å². The van der Waals surface area contributed by atoms with E-state index < -0.39 is 0 Å². The first-order chi connectivity index (χ1) is 9.16. The molecule has 0 amide bonds. The molecule has 2 heterocycles. The smallest absolute Gasteiger partial charge is 0.133 e. The van der Waals surface area contributed by atoms with Crippen LogP contribution in [0.1, 0.15) is 16.8 Å². The van der Waals surface area contributed by atoms with Gasteiger partial charge in [0.2, 0.25) is 0 Å². The lowest BCUT2D eigenvalue weighted by Crippen LogP contribution is -2.08. The fourth-order valence-electron chi connectivity index (χ4n) is 2.44. The van der Waals surface area contributed by atoms with Gasteiger partial charge in [0.1, 0.15) is 11.6 Å². The summed E-state index contributed by atoms with van der Waals surface area (Å²) in [5.41, 5.74) is 3.46. The highest BCUT2D eigenvalue weighted by atomic mass is 19.1. The molecule has 1 aromatic heterocycles. The van der Waals surface area contributed by atoms with Crippen LogP contribution in [0.5, 0.6) is 0 Å². The summed E-state index contributed by atoms with van der Waals surface area (Å²) in [7, 11) is 1.90. The van der Waals surface area contributed by atoms with Gasteiger partial charge in [-0.05, 0) is 19.1 Å². The Morgan fingerprint density at radius 1 is 1.37 bits per heavy atom. The van der Waals surface area contributed by atoms with Gasteiger partial charge in [-0.15, -0.1) is 0 Å². The molecule has 0 unspecified atom stereocenters. The van der Waals surface area contributed by atoms with E-state index in [-0.39, 0.29) is 5.82 Å². The lowest BCUT2D eigenvalue weighted by Gasteiger charge is -2.07. The molecule has 1 aliphatic heterocycles. The number of fused-ring (bicyclic) bond motifs is 1. The van der Waals surface area contributed by atoms with E-state index in [1.54, 1.807) is 6.07 Å². The van der Waals surface area contributed by atoms with Crippen molar-refractivity contribution in [3.8, 4) is 0 Å². The highest BCUT2D eigenvalue weighted by Gasteiger charge is 2.21. The van der Waals surface area contributed by atoms with Crippen LogP contribution < -0.4 is 5.32 Å². The molecule has 0 bridgehead atoms. The highest BCUT2D eigenvalue weighted by Crippen LogP contribution is 2.25. The van der Waals surface area contributed by atoms with Crippen molar-refractivity contribution in [2.75, 3.05) is 18.4 Å². The molecule has 98 valence electrons. The van der Waals surface area contributed by atoms with Crippen LogP contribution in [0.3, 0.4) is 0 Å². The number of nitrogens with zero attached hydrogens (tertiary/aromatic N) is 3. The minimum absolute atomic E-state index is 0.250. The van der Waals surface area contributed by atoms with Crippen molar-refractivity contribution in [2.45, 2.75) is 6.92 Å². The summed E-state index contributed by atoms with van der Waals surface area (Å²) in [6.07, 6.45) is 0. The third-order valence-electron chi connectivity index (χ3n) is 3.23. The van der Waals surface area contributed by atoms with Crippen molar-refractivity contribution in [1.82, 2.24) is 9.78 Å². The van der Waals surface area contributed by atoms with Gasteiger partial charge in [0, 0.05) is 19.2 Å². The fourth-order valence-corrected chi connectivity index (χ4v) is 2.44. The van der Waals surface area contributed by atoms with E-state index >= 15 is 0 Å². The number of anilines is 1. The Labute approximate surface area is 111 Å². The van der Waals surface area contributed by atoms with Crippen LogP contribution in [0.15, 0.2) is 29.3 Å². The number of rotatable bonds is 1. The zero-order chi connectivity index (χ0) is 13.4. The van der Waals surface area contributed by atoms with E-state index in [9.17, 15) is 4.39 Å². The molecule has 1 aliphatic rings. The lowest BCUT2D eigenvalue weighted by molar-refractivity contribution is 0.627. The average Bonchev–Trinajstić information content (AvgIpc) is 2.57. The Hall–Kier alpha value is -2.17. The van der Waals surface area contributed by atoms with Crippen LogP contribution in [-0.4, -0.2) is 28.6 Å². The van der Waals surface area contributed by atoms with E-state index in [2.05, 4.69) is 15.4 Å². The molecule has 5 heteroatoms. The van der Waals surface area contributed by atoms with E-state index in [4.69, 9.17) is 0 Å². The van der Waals surface area contributed by atoms with Crippen LogP contribution in [0.4, 0.5) is 10.2 Å². The van der Waals surface area contributed by atoms with Crippen molar-refractivity contribution >= 4 is 11.5 Å². The third kappa shape index (κ3) is 2.01. The molecule has 19 heavy (non-hydrogen) atoms. The van der Waals surface area contributed by atoms with E-state index in [1.165, 1.54) is 12.1 Å². The maximum atomic E-state index is 13.4. The fraction of sp³-hybridized carbons (Fsp3) is 0.286. The molecule has 0 atom stereocenters. The predicted octanol–water partition coefficient (Wildman–Crippen LogP) is 2.13.